The maximum absolute atomic E-state index is 11.9. The second kappa shape index (κ2) is 6.03. The molecule has 2 heteroatoms. The van der Waals surface area contributed by atoms with E-state index < -0.39 is 0 Å². The van der Waals surface area contributed by atoms with Crippen LogP contribution in [0.4, 0.5) is 0 Å². The van der Waals surface area contributed by atoms with Gasteiger partial charge in [0.05, 0.1) is 0 Å². The summed E-state index contributed by atoms with van der Waals surface area (Å²) in [6.45, 7) is 5.25. The number of carbonyl (C=O) groups is 1. The second-order valence-corrected chi connectivity index (χ2v) is 5.58. The Balaban J connectivity index is 2.01. The largest absolute Gasteiger partial charge is 0.356 e. The van der Waals surface area contributed by atoms with Crippen LogP contribution in [0.1, 0.15) is 50.2 Å². The predicted octanol–water partition coefficient (Wildman–Crippen LogP) is 3.27. The molecule has 1 heterocycles. The molecule has 1 aliphatic heterocycles. The van der Waals surface area contributed by atoms with Gasteiger partial charge < -0.3 is 5.32 Å². The lowest BCUT2D eigenvalue weighted by Gasteiger charge is -2.13. The molecule has 1 amide bonds. The first-order chi connectivity index (χ1) is 8.66. The Morgan fingerprint density at radius 2 is 1.94 bits per heavy atom. The van der Waals surface area contributed by atoms with Crippen LogP contribution in [0.2, 0.25) is 0 Å². The van der Waals surface area contributed by atoms with E-state index in [1.54, 1.807) is 0 Å². The van der Waals surface area contributed by atoms with Crippen molar-refractivity contribution in [1.82, 2.24) is 5.32 Å². The zero-order valence-corrected chi connectivity index (χ0v) is 11.4. The molecular formula is C16H23NO. The highest BCUT2D eigenvalue weighted by Crippen LogP contribution is 2.20. The number of nitrogens with one attached hydrogen (secondary N) is 1. The number of hydrogen-bond acceptors (Lipinski definition) is 1. The van der Waals surface area contributed by atoms with Gasteiger partial charge in [-0.1, -0.05) is 44.5 Å². The lowest BCUT2D eigenvalue weighted by molar-refractivity contribution is -0.124. The summed E-state index contributed by atoms with van der Waals surface area (Å²) in [5, 5.41) is 3.01. The van der Waals surface area contributed by atoms with Crippen LogP contribution in [0.15, 0.2) is 24.3 Å². The van der Waals surface area contributed by atoms with E-state index in [4.69, 9.17) is 0 Å². The van der Waals surface area contributed by atoms with Crippen molar-refractivity contribution in [3.05, 3.63) is 35.4 Å². The highest BCUT2D eigenvalue weighted by molar-refractivity contribution is 5.79. The molecular weight excluding hydrogens is 222 g/mol. The maximum Gasteiger partial charge on any atom is 0.223 e. The molecule has 0 aliphatic carbocycles. The lowest BCUT2D eigenvalue weighted by Crippen LogP contribution is -2.30. The summed E-state index contributed by atoms with van der Waals surface area (Å²) in [4.78, 5) is 11.9. The third-order valence-corrected chi connectivity index (χ3v) is 3.78. The standard InChI is InChI=1S/C16H23NO/c1-12(2)14-8-6-13(7-9-14)11-15-5-3-4-10-17-16(15)18/h6-9,12,15H,3-5,10-11H2,1-2H3,(H,17,18). The Bertz CT molecular complexity index is 394. The third-order valence-electron chi connectivity index (χ3n) is 3.78. The summed E-state index contributed by atoms with van der Waals surface area (Å²) in [5.74, 6) is 0.970. The summed E-state index contributed by atoms with van der Waals surface area (Å²) < 4.78 is 0. The van der Waals surface area contributed by atoms with E-state index in [0.29, 0.717) is 5.92 Å². The van der Waals surface area contributed by atoms with Gasteiger partial charge in [-0.2, -0.15) is 0 Å². The average Bonchev–Trinajstić information content (AvgIpc) is 2.56. The topological polar surface area (TPSA) is 29.1 Å². The molecule has 1 saturated heterocycles. The summed E-state index contributed by atoms with van der Waals surface area (Å²) in [7, 11) is 0. The van der Waals surface area contributed by atoms with E-state index in [9.17, 15) is 4.79 Å². The molecule has 0 spiro atoms. The van der Waals surface area contributed by atoms with Gasteiger partial charge in [0.1, 0.15) is 0 Å². The van der Waals surface area contributed by atoms with Gasteiger partial charge in [-0.25, -0.2) is 0 Å². The van der Waals surface area contributed by atoms with Crippen molar-refractivity contribution in [3.63, 3.8) is 0 Å². The van der Waals surface area contributed by atoms with Crippen LogP contribution in [0, 0.1) is 5.92 Å². The van der Waals surface area contributed by atoms with E-state index in [1.807, 2.05) is 0 Å². The predicted molar refractivity (Wildman–Crippen MR) is 74.6 cm³/mol. The molecule has 1 unspecified atom stereocenters. The van der Waals surface area contributed by atoms with E-state index in [0.717, 1.165) is 32.2 Å². The first-order valence-electron chi connectivity index (χ1n) is 7.03. The van der Waals surface area contributed by atoms with E-state index >= 15 is 0 Å². The van der Waals surface area contributed by atoms with Gasteiger partial charge in [0.15, 0.2) is 0 Å². The monoisotopic (exact) mass is 245 g/mol. The first kappa shape index (κ1) is 13.1. The average molecular weight is 245 g/mol. The van der Waals surface area contributed by atoms with Gasteiger partial charge >= 0.3 is 0 Å². The van der Waals surface area contributed by atoms with Crippen LogP contribution in [0.25, 0.3) is 0 Å². The first-order valence-corrected chi connectivity index (χ1v) is 7.03. The molecule has 0 saturated carbocycles. The molecule has 1 atom stereocenters. The molecule has 1 aromatic carbocycles. The van der Waals surface area contributed by atoms with Gasteiger partial charge in [0.25, 0.3) is 0 Å². The van der Waals surface area contributed by atoms with Crippen molar-refractivity contribution >= 4 is 5.91 Å². The Labute approximate surface area is 110 Å². The molecule has 1 aliphatic rings. The van der Waals surface area contributed by atoms with Gasteiger partial charge in [-0.05, 0) is 36.3 Å². The van der Waals surface area contributed by atoms with Crippen molar-refractivity contribution in [2.24, 2.45) is 5.92 Å². The lowest BCUT2D eigenvalue weighted by atomic mass is 9.93. The van der Waals surface area contributed by atoms with Gasteiger partial charge in [0.2, 0.25) is 5.91 Å². The Hall–Kier alpha value is -1.31. The summed E-state index contributed by atoms with van der Waals surface area (Å²) >= 11 is 0. The molecule has 1 fully saturated rings. The van der Waals surface area contributed by atoms with E-state index in [2.05, 4.69) is 43.4 Å². The Kier molecular flexibility index (Phi) is 4.40. The van der Waals surface area contributed by atoms with Gasteiger partial charge in [-0.15, -0.1) is 0 Å². The normalized spacial score (nSPS) is 20.6. The van der Waals surface area contributed by atoms with Crippen LogP contribution < -0.4 is 5.32 Å². The fourth-order valence-corrected chi connectivity index (χ4v) is 2.52. The Morgan fingerprint density at radius 3 is 2.61 bits per heavy atom. The number of carbonyl (C=O) groups excluding carboxylic acids is 1. The minimum absolute atomic E-state index is 0.164. The van der Waals surface area contributed by atoms with Crippen molar-refractivity contribution < 1.29 is 4.79 Å². The zero-order chi connectivity index (χ0) is 13.0. The van der Waals surface area contributed by atoms with Gasteiger partial charge in [-0.3, -0.25) is 4.79 Å². The van der Waals surface area contributed by atoms with Gasteiger partial charge in [0, 0.05) is 12.5 Å². The summed E-state index contributed by atoms with van der Waals surface area (Å²) in [6, 6.07) is 8.73. The number of amides is 1. The van der Waals surface area contributed by atoms with E-state index in [1.165, 1.54) is 11.1 Å². The smallest absolute Gasteiger partial charge is 0.223 e. The number of benzene rings is 1. The number of rotatable bonds is 3. The third kappa shape index (κ3) is 3.34. The summed E-state index contributed by atoms with van der Waals surface area (Å²) in [6.07, 6.45) is 4.18. The van der Waals surface area contributed by atoms with Crippen molar-refractivity contribution in [2.75, 3.05) is 6.54 Å². The molecule has 98 valence electrons. The second-order valence-electron chi connectivity index (χ2n) is 5.58. The SMILES string of the molecule is CC(C)c1ccc(CC2CCCCNC2=O)cc1. The van der Waals surface area contributed by atoms with Crippen LogP contribution in [-0.2, 0) is 11.2 Å². The van der Waals surface area contributed by atoms with Crippen LogP contribution in [0.3, 0.4) is 0 Å². The summed E-state index contributed by atoms with van der Waals surface area (Å²) in [5.41, 5.74) is 2.64. The van der Waals surface area contributed by atoms with Crippen molar-refractivity contribution in [1.29, 1.82) is 0 Å². The highest BCUT2D eigenvalue weighted by Gasteiger charge is 2.20. The quantitative estimate of drug-likeness (QED) is 0.870. The fourth-order valence-electron chi connectivity index (χ4n) is 2.52. The van der Waals surface area contributed by atoms with Crippen LogP contribution in [-0.4, -0.2) is 12.5 Å². The zero-order valence-electron chi connectivity index (χ0n) is 11.4. The maximum atomic E-state index is 11.9. The molecule has 1 aromatic rings. The minimum atomic E-state index is 0.164. The molecule has 0 bridgehead atoms. The fraction of sp³-hybridized carbons (Fsp3) is 0.562. The molecule has 1 N–H and O–H groups in total. The van der Waals surface area contributed by atoms with E-state index in [-0.39, 0.29) is 11.8 Å². The molecule has 2 nitrogen and oxygen atoms in total. The highest BCUT2D eigenvalue weighted by atomic mass is 16.1. The van der Waals surface area contributed by atoms with Crippen molar-refractivity contribution in [2.45, 2.75) is 45.4 Å². The molecule has 0 radical (unpaired) electrons. The molecule has 0 aromatic heterocycles. The Morgan fingerprint density at radius 1 is 1.22 bits per heavy atom. The number of hydrogen-bond donors (Lipinski definition) is 1. The minimum Gasteiger partial charge on any atom is -0.356 e. The van der Waals surface area contributed by atoms with Crippen LogP contribution >= 0.6 is 0 Å². The molecule has 18 heavy (non-hydrogen) atoms. The molecule has 2 rings (SSSR count). The van der Waals surface area contributed by atoms with Crippen LogP contribution in [0.5, 0.6) is 0 Å². The van der Waals surface area contributed by atoms with Crippen molar-refractivity contribution in [3.8, 4) is 0 Å².